The number of nitrogens with one attached hydrogen (secondary N) is 2. The molecule has 2 heterocycles. The topological polar surface area (TPSA) is 54.2 Å². The first-order valence-electron chi connectivity index (χ1n) is 8.58. The van der Waals surface area contributed by atoms with E-state index >= 15 is 0 Å². The average molecular weight is 483 g/mol. The highest BCUT2D eigenvalue weighted by Gasteiger charge is 2.05. The van der Waals surface area contributed by atoms with E-state index in [2.05, 4.69) is 68.6 Å². The van der Waals surface area contributed by atoms with Gasteiger partial charge in [0.15, 0.2) is 5.96 Å². The van der Waals surface area contributed by atoms with E-state index < -0.39 is 0 Å². The fraction of sp³-hybridized carbons (Fsp3) is 0.368. The summed E-state index contributed by atoms with van der Waals surface area (Å²) < 4.78 is 2.30. The number of benzene rings is 1. The van der Waals surface area contributed by atoms with Crippen LogP contribution in [0.3, 0.4) is 0 Å². The second-order valence-electron chi connectivity index (χ2n) is 6.02. The number of halogens is 1. The highest BCUT2D eigenvalue weighted by atomic mass is 127. The number of aliphatic imine (C=N–C) groups is 1. The molecule has 0 atom stereocenters. The third kappa shape index (κ3) is 5.20. The number of thiazole rings is 1. The molecule has 0 spiro atoms. The van der Waals surface area contributed by atoms with Crippen LogP contribution < -0.4 is 10.6 Å². The first kappa shape index (κ1) is 20.7. The third-order valence-electron chi connectivity index (χ3n) is 4.25. The van der Waals surface area contributed by atoms with Gasteiger partial charge in [0.2, 0.25) is 0 Å². The maximum atomic E-state index is 4.55. The van der Waals surface area contributed by atoms with E-state index in [-0.39, 0.29) is 24.0 Å². The van der Waals surface area contributed by atoms with Gasteiger partial charge >= 0.3 is 0 Å². The van der Waals surface area contributed by atoms with Crippen LogP contribution in [0.1, 0.15) is 22.0 Å². The molecule has 0 saturated heterocycles. The number of guanidine groups is 1. The fourth-order valence-electron chi connectivity index (χ4n) is 2.79. The zero-order chi connectivity index (χ0) is 17.6. The van der Waals surface area contributed by atoms with Crippen LogP contribution in [0.25, 0.3) is 10.9 Å². The van der Waals surface area contributed by atoms with Gasteiger partial charge in [0.25, 0.3) is 0 Å². The van der Waals surface area contributed by atoms with Crippen molar-refractivity contribution in [2.75, 3.05) is 13.6 Å². The zero-order valence-electron chi connectivity index (χ0n) is 15.5. The number of fused-ring (bicyclic) bond motifs is 1. The number of para-hydroxylation sites is 1. The summed E-state index contributed by atoms with van der Waals surface area (Å²) in [6.45, 7) is 6.73. The lowest BCUT2D eigenvalue weighted by atomic mass is 10.2. The Morgan fingerprint density at radius 2 is 2.00 bits per heavy atom. The first-order chi connectivity index (χ1) is 12.2. The SMILES string of the molecule is CN=C(NCCCn1ccc2ccccc21)NCc1nc(C)c(C)s1.I. The second-order valence-corrected chi connectivity index (χ2v) is 7.31. The number of aromatic nitrogens is 2. The van der Waals surface area contributed by atoms with E-state index in [9.17, 15) is 0 Å². The van der Waals surface area contributed by atoms with Crippen LogP contribution in [-0.4, -0.2) is 29.1 Å². The van der Waals surface area contributed by atoms with Gasteiger partial charge in [-0.15, -0.1) is 35.3 Å². The Labute approximate surface area is 176 Å². The molecule has 0 bridgehead atoms. The van der Waals surface area contributed by atoms with Crippen molar-refractivity contribution in [2.45, 2.75) is 33.4 Å². The monoisotopic (exact) mass is 483 g/mol. The van der Waals surface area contributed by atoms with E-state index in [1.54, 1.807) is 18.4 Å². The lowest BCUT2D eigenvalue weighted by Gasteiger charge is -2.11. The van der Waals surface area contributed by atoms with Crippen molar-refractivity contribution in [3.05, 3.63) is 52.1 Å². The van der Waals surface area contributed by atoms with E-state index in [4.69, 9.17) is 0 Å². The Bertz CT molecular complexity index is 848. The van der Waals surface area contributed by atoms with Crippen molar-refractivity contribution in [2.24, 2.45) is 4.99 Å². The largest absolute Gasteiger partial charge is 0.356 e. The summed E-state index contributed by atoms with van der Waals surface area (Å²) in [6, 6.07) is 10.7. The quantitative estimate of drug-likeness (QED) is 0.241. The Balaban J connectivity index is 0.00000243. The smallest absolute Gasteiger partial charge is 0.191 e. The minimum atomic E-state index is 0. The molecule has 3 rings (SSSR count). The van der Waals surface area contributed by atoms with Gasteiger partial charge in [0, 0.05) is 36.7 Å². The van der Waals surface area contributed by atoms with Gasteiger partial charge in [-0.25, -0.2) is 4.98 Å². The van der Waals surface area contributed by atoms with E-state index in [1.807, 2.05) is 6.92 Å². The zero-order valence-corrected chi connectivity index (χ0v) is 18.6. The van der Waals surface area contributed by atoms with Crippen molar-refractivity contribution < 1.29 is 0 Å². The normalized spacial score (nSPS) is 11.4. The van der Waals surface area contributed by atoms with Gasteiger partial charge < -0.3 is 15.2 Å². The van der Waals surface area contributed by atoms with Gasteiger partial charge in [-0.05, 0) is 37.8 Å². The molecule has 0 aliphatic rings. The molecule has 0 saturated carbocycles. The molecule has 1 aromatic carbocycles. The molecule has 5 nitrogen and oxygen atoms in total. The third-order valence-corrected chi connectivity index (χ3v) is 5.32. The molecule has 0 fully saturated rings. The van der Waals surface area contributed by atoms with Gasteiger partial charge in [-0.1, -0.05) is 18.2 Å². The number of rotatable bonds is 6. The number of hydrogen-bond donors (Lipinski definition) is 2. The molecule has 0 aliphatic heterocycles. The molecule has 7 heteroatoms. The van der Waals surface area contributed by atoms with Gasteiger partial charge in [-0.3, -0.25) is 4.99 Å². The van der Waals surface area contributed by atoms with Crippen molar-refractivity contribution >= 4 is 52.2 Å². The van der Waals surface area contributed by atoms with Crippen molar-refractivity contribution in [3.8, 4) is 0 Å². The summed E-state index contributed by atoms with van der Waals surface area (Å²) in [5, 5.41) is 9.09. The minimum Gasteiger partial charge on any atom is -0.356 e. The van der Waals surface area contributed by atoms with Crippen molar-refractivity contribution in [1.82, 2.24) is 20.2 Å². The van der Waals surface area contributed by atoms with Crippen molar-refractivity contribution in [3.63, 3.8) is 0 Å². The van der Waals surface area contributed by atoms with Crippen LogP contribution in [0.2, 0.25) is 0 Å². The van der Waals surface area contributed by atoms with Crippen LogP contribution >= 0.6 is 35.3 Å². The number of nitrogens with zero attached hydrogens (tertiary/aromatic N) is 3. The summed E-state index contributed by atoms with van der Waals surface area (Å²) >= 11 is 1.73. The maximum Gasteiger partial charge on any atom is 0.191 e. The van der Waals surface area contributed by atoms with E-state index in [1.165, 1.54) is 15.8 Å². The lowest BCUT2D eigenvalue weighted by molar-refractivity contribution is 0.640. The predicted octanol–water partition coefficient (Wildman–Crippen LogP) is 4.09. The molecule has 0 unspecified atom stereocenters. The van der Waals surface area contributed by atoms with Gasteiger partial charge in [0.05, 0.1) is 12.2 Å². The minimum absolute atomic E-state index is 0. The standard InChI is InChI=1S/C19H25N5S.HI/c1-14-15(2)25-18(23-14)13-22-19(20-3)21-10-6-11-24-12-9-16-7-4-5-8-17(16)24;/h4-5,7-9,12H,6,10-11,13H2,1-3H3,(H2,20,21,22);1H. The van der Waals surface area contributed by atoms with E-state index in [0.29, 0.717) is 6.54 Å². The van der Waals surface area contributed by atoms with Crippen LogP contribution in [-0.2, 0) is 13.1 Å². The van der Waals surface area contributed by atoms with Crippen molar-refractivity contribution in [1.29, 1.82) is 0 Å². The van der Waals surface area contributed by atoms with Crippen LogP contribution in [0.4, 0.5) is 0 Å². The highest BCUT2D eigenvalue weighted by molar-refractivity contribution is 14.0. The Hall–Kier alpha value is -1.61. The Morgan fingerprint density at radius 1 is 1.19 bits per heavy atom. The molecule has 140 valence electrons. The average Bonchev–Trinajstić information content (AvgIpc) is 3.18. The molecule has 2 N–H and O–H groups in total. The molecular weight excluding hydrogens is 457 g/mol. The highest BCUT2D eigenvalue weighted by Crippen LogP contribution is 2.16. The molecule has 0 amide bonds. The second kappa shape index (κ2) is 9.91. The fourth-order valence-corrected chi connectivity index (χ4v) is 3.66. The summed E-state index contributed by atoms with van der Waals surface area (Å²) in [5.74, 6) is 0.822. The predicted molar refractivity (Wildman–Crippen MR) is 122 cm³/mol. The summed E-state index contributed by atoms with van der Waals surface area (Å²) in [7, 11) is 1.80. The summed E-state index contributed by atoms with van der Waals surface area (Å²) in [4.78, 5) is 10.1. The molecule has 26 heavy (non-hydrogen) atoms. The lowest BCUT2D eigenvalue weighted by Crippen LogP contribution is -2.37. The maximum absolute atomic E-state index is 4.55. The van der Waals surface area contributed by atoms with Gasteiger partial charge in [0.1, 0.15) is 5.01 Å². The molecule has 0 aliphatic carbocycles. The molecule has 0 radical (unpaired) electrons. The van der Waals surface area contributed by atoms with Gasteiger partial charge in [-0.2, -0.15) is 0 Å². The number of aryl methyl sites for hydroxylation is 3. The Morgan fingerprint density at radius 3 is 2.73 bits per heavy atom. The summed E-state index contributed by atoms with van der Waals surface area (Å²) in [6.07, 6.45) is 3.19. The molecular formula is C19H26IN5S. The first-order valence-corrected chi connectivity index (χ1v) is 9.40. The Kier molecular flexibility index (Phi) is 7.89. The van der Waals surface area contributed by atoms with E-state index in [0.717, 1.165) is 36.2 Å². The van der Waals surface area contributed by atoms with Crippen LogP contribution in [0.5, 0.6) is 0 Å². The molecule has 2 aromatic heterocycles. The van der Waals surface area contributed by atoms with Crippen LogP contribution in [0, 0.1) is 13.8 Å². The summed E-state index contributed by atoms with van der Waals surface area (Å²) in [5.41, 5.74) is 2.41. The molecule has 3 aromatic rings. The number of hydrogen-bond acceptors (Lipinski definition) is 3. The van der Waals surface area contributed by atoms with Crippen LogP contribution in [0.15, 0.2) is 41.5 Å².